The summed E-state index contributed by atoms with van der Waals surface area (Å²) in [5, 5.41) is 2.47. The Morgan fingerprint density at radius 1 is 1.75 bits per heavy atom. The average Bonchev–Trinajstić information content (AvgIpc) is 2.05. The number of hydrogen-bond acceptors (Lipinski definition) is 3. The van der Waals surface area contributed by atoms with Gasteiger partial charge in [0.15, 0.2) is 0 Å². The Balaban J connectivity index is 2.61. The molecule has 5 heteroatoms. The van der Waals surface area contributed by atoms with Crippen molar-refractivity contribution in [3.05, 3.63) is 0 Å². The van der Waals surface area contributed by atoms with Crippen LogP contribution in [-0.2, 0) is 9.53 Å². The lowest BCUT2D eigenvalue weighted by molar-refractivity contribution is -0.135. The summed E-state index contributed by atoms with van der Waals surface area (Å²) in [4.78, 5) is 25.2. The summed E-state index contributed by atoms with van der Waals surface area (Å²) in [6, 6.07) is -0.468. The Labute approximate surface area is 69.8 Å². The number of nitrogens with one attached hydrogen (secondary N) is 1. The fraction of sp³-hybridized carbons (Fsp3) is 0.571. The highest BCUT2D eigenvalue weighted by atomic mass is 16.5. The lowest BCUT2D eigenvalue weighted by Gasteiger charge is -2.10. The van der Waals surface area contributed by atoms with Gasteiger partial charge in [-0.15, -0.1) is 0 Å². The molecule has 0 unspecified atom stereocenters. The fourth-order valence-electron chi connectivity index (χ4n) is 0.868. The Bertz CT molecular complexity index is 235. The first kappa shape index (κ1) is 8.70. The van der Waals surface area contributed by atoms with Crippen molar-refractivity contribution in [3.63, 3.8) is 0 Å². The number of ether oxygens (including phenoxy) is 1. The molecule has 0 radical (unpaired) electrons. The van der Waals surface area contributed by atoms with E-state index in [-0.39, 0.29) is 5.71 Å². The van der Waals surface area contributed by atoms with Gasteiger partial charge in [-0.25, -0.2) is 9.59 Å². The van der Waals surface area contributed by atoms with Crippen LogP contribution in [0.25, 0.3) is 0 Å². The number of carbonyl (C=O) groups excluding carboxylic acids is 2. The van der Waals surface area contributed by atoms with Crippen LogP contribution in [0.15, 0.2) is 4.99 Å². The first-order valence-electron chi connectivity index (χ1n) is 3.76. The number of nitrogens with zero attached hydrogens (tertiary/aromatic N) is 1. The van der Waals surface area contributed by atoms with E-state index in [4.69, 9.17) is 0 Å². The van der Waals surface area contributed by atoms with Gasteiger partial charge in [-0.1, -0.05) is 0 Å². The predicted molar refractivity (Wildman–Crippen MR) is 42.1 cm³/mol. The van der Waals surface area contributed by atoms with Gasteiger partial charge in [-0.05, 0) is 6.92 Å². The van der Waals surface area contributed by atoms with E-state index < -0.39 is 12.0 Å². The van der Waals surface area contributed by atoms with Crippen LogP contribution >= 0.6 is 0 Å². The van der Waals surface area contributed by atoms with Gasteiger partial charge < -0.3 is 10.1 Å². The van der Waals surface area contributed by atoms with Gasteiger partial charge in [-0.2, -0.15) is 4.99 Å². The van der Waals surface area contributed by atoms with Crippen molar-refractivity contribution >= 4 is 17.7 Å². The average molecular weight is 170 g/mol. The standard InChI is InChI=1S/C7H10N2O3/c1-2-12-6(10)5-3-4-8-7(11)9-5/h2-4H2,1H3,(H,8,11). The van der Waals surface area contributed by atoms with Crippen molar-refractivity contribution in [1.82, 2.24) is 5.32 Å². The van der Waals surface area contributed by atoms with Crippen LogP contribution in [0.3, 0.4) is 0 Å². The molecule has 0 atom stereocenters. The molecular weight excluding hydrogens is 160 g/mol. The van der Waals surface area contributed by atoms with Crippen molar-refractivity contribution in [3.8, 4) is 0 Å². The molecule has 0 aromatic heterocycles. The van der Waals surface area contributed by atoms with Crippen LogP contribution in [0.4, 0.5) is 4.79 Å². The van der Waals surface area contributed by atoms with Crippen LogP contribution in [0.1, 0.15) is 13.3 Å². The molecule has 0 fully saturated rings. The molecule has 0 saturated heterocycles. The largest absolute Gasteiger partial charge is 0.462 e. The molecular formula is C7H10N2O3. The van der Waals surface area contributed by atoms with E-state index >= 15 is 0 Å². The molecule has 0 aromatic carbocycles. The van der Waals surface area contributed by atoms with Crippen molar-refractivity contribution in [2.24, 2.45) is 4.99 Å². The summed E-state index contributed by atoms with van der Waals surface area (Å²) < 4.78 is 4.68. The maximum Gasteiger partial charge on any atom is 0.352 e. The molecule has 2 amide bonds. The number of esters is 1. The SMILES string of the molecule is CCOC(=O)C1=NC(=O)NCC1. The van der Waals surface area contributed by atoms with Gasteiger partial charge in [0, 0.05) is 13.0 Å². The quantitative estimate of drug-likeness (QED) is 0.598. The number of amides is 2. The first-order valence-corrected chi connectivity index (χ1v) is 3.76. The Morgan fingerprint density at radius 2 is 2.50 bits per heavy atom. The molecule has 0 bridgehead atoms. The van der Waals surface area contributed by atoms with Crippen molar-refractivity contribution in [2.75, 3.05) is 13.2 Å². The van der Waals surface area contributed by atoms with Crippen LogP contribution in [0.5, 0.6) is 0 Å². The summed E-state index contributed by atoms with van der Waals surface area (Å²) in [7, 11) is 0. The zero-order valence-electron chi connectivity index (χ0n) is 6.79. The Kier molecular flexibility index (Phi) is 2.79. The molecule has 0 spiro atoms. The maximum atomic E-state index is 11.0. The van der Waals surface area contributed by atoms with Gasteiger partial charge in [0.25, 0.3) is 0 Å². The Hall–Kier alpha value is -1.39. The molecule has 1 aliphatic rings. The van der Waals surface area contributed by atoms with E-state index in [1.165, 1.54) is 0 Å². The second-order valence-corrected chi connectivity index (χ2v) is 2.26. The van der Waals surface area contributed by atoms with Gasteiger partial charge in [0.05, 0.1) is 6.61 Å². The van der Waals surface area contributed by atoms with E-state index in [0.29, 0.717) is 19.6 Å². The van der Waals surface area contributed by atoms with E-state index in [9.17, 15) is 9.59 Å². The van der Waals surface area contributed by atoms with Gasteiger partial charge in [-0.3, -0.25) is 0 Å². The minimum absolute atomic E-state index is 0.209. The maximum absolute atomic E-state index is 11.0. The van der Waals surface area contributed by atoms with Crippen LogP contribution in [0.2, 0.25) is 0 Å². The first-order chi connectivity index (χ1) is 5.74. The highest BCUT2D eigenvalue weighted by Crippen LogP contribution is 1.96. The highest BCUT2D eigenvalue weighted by Gasteiger charge is 2.18. The zero-order chi connectivity index (χ0) is 8.97. The summed E-state index contributed by atoms with van der Waals surface area (Å²) in [6.07, 6.45) is 0.449. The molecule has 0 saturated carbocycles. The number of urea groups is 1. The molecule has 0 aliphatic carbocycles. The fourth-order valence-corrected chi connectivity index (χ4v) is 0.868. The predicted octanol–water partition coefficient (Wildman–Crippen LogP) is 0.104. The molecule has 1 heterocycles. The monoisotopic (exact) mass is 170 g/mol. The summed E-state index contributed by atoms with van der Waals surface area (Å²) in [6.45, 7) is 2.47. The summed E-state index contributed by atoms with van der Waals surface area (Å²) in [5.41, 5.74) is 0.209. The molecule has 1 aliphatic heterocycles. The number of rotatable bonds is 2. The minimum atomic E-state index is -0.493. The lowest BCUT2D eigenvalue weighted by atomic mass is 10.2. The van der Waals surface area contributed by atoms with E-state index in [2.05, 4.69) is 15.0 Å². The highest BCUT2D eigenvalue weighted by molar-refractivity contribution is 6.38. The molecule has 66 valence electrons. The molecule has 5 nitrogen and oxygen atoms in total. The van der Waals surface area contributed by atoms with Crippen LogP contribution < -0.4 is 5.32 Å². The third-order valence-corrected chi connectivity index (χ3v) is 1.39. The second-order valence-electron chi connectivity index (χ2n) is 2.26. The van der Waals surface area contributed by atoms with Gasteiger partial charge in [0.1, 0.15) is 5.71 Å². The molecule has 1 N–H and O–H groups in total. The van der Waals surface area contributed by atoms with E-state index in [0.717, 1.165) is 0 Å². The smallest absolute Gasteiger partial charge is 0.352 e. The minimum Gasteiger partial charge on any atom is -0.462 e. The Morgan fingerprint density at radius 3 is 3.08 bits per heavy atom. The molecule has 12 heavy (non-hydrogen) atoms. The normalized spacial score (nSPS) is 16.4. The third kappa shape index (κ3) is 2.05. The summed E-state index contributed by atoms with van der Waals surface area (Å²) >= 11 is 0. The topological polar surface area (TPSA) is 67.8 Å². The van der Waals surface area contributed by atoms with Crippen molar-refractivity contribution < 1.29 is 14.3 Å². The van der Waals surface area contributed by atoms with Crippen molar-refractivity contribution in [1.29, 1.82) is 0 Å². The van der Waals surface area contributed by atoms with Crippen LogP contribution in [-0.4, -0.2) is 30.9 Å². The molecule has 0 aromatic rings. The molecule has 1 rings (SSSR count). The lowest BCUT2D eigenvalue weighted by Crippen LogP contribution is -2.33. The van der Waals surface area contributed by atoms with E-state index in [1.807, 2.05) is 0 Å². The zero-order valence-corrected chi connectivity index (χ0v) is 6.79. The number of aliphatic imine (C=N–C) groups is 1. The van der Waals surface area contributed by atoms with Crippen molar-refractivity contribution in [2.45, 2.75) is 13.3 Å². The second kappa shape index (κ2) is 3.85. The van der Waals surface area contributed by atoms with Gasteiger partial charge in [0.2, 0.25) is 0 Å². The number of hydrogen-bond donors (Lipinski definition) is 1. The number of carbonyl (C=O) groups is 2. The third-order valence-electron chi connectivity index (χ3n) is 1.39. The summed E-state index contributed by atoms with van der Waals surface area (Å²) in [5.74, 6) is -0.493. The van der Waals surface area contributed by atoms with Crippen LogP contribution in [0, 0.1) is 0 Å². The van der Waals surface area contributed by atoms with E-state index in [1.54, 1.807) is 6.92 Å². The van der Waals surface area contributed by atoms with Gasteiger partial charge >= 0.3 is 12.0 Å².